The predicted octanol–water partition coefficient (Wildman–Crippen LogP) is 4.12. The molecule has 0 aliphatic heterocycles. The minimum Gasteiger partial charge on any atom is -0.467 e. The van der Waals surface area contributed by atoms with Crippen LogP contribution in [0.25, 0.3) is 0 Å². The molecule has 29 heavy (non-hydrogen) atoms. The molecule has 1 aromatic heterocycles. The van der Waals surface area contributed by atoms with Crippen LogP contribution in [-0.4, -0.2) is 17.6 Å². The van der Waals surface area contributed by atoms with E-state index in [1.807, 2.05) is 19.1 Å². The fraction of sp³-hybridized carbons (Fsp3) is 0.174. The second-order valence-electron chi connectivity index (χ2n) is 6.65. The molecule has 3 aromatic rings. The maximum Gasteiger partial charge on any atom is 0.253 e. The number of rotatable bonds is 8. The largest absolute Gasteiger partial charge is 0.467 e. The standard InChI is InChI=1S/C23H22N2O4/c1-16-8-10-17(11-9-16)21(26)12-13-22(27)25-20-7-3-2-6-19(20)23(28)24-15-18-5-4-14-29-18/h2-11,14H,12-13,15H2,1H3,(H,24,28)(H,25,27). The number of aryl methyl sites for hydroxylation is 1. The Morgan fingerprint density at radius 2 is 1.66 bits per heavy atom. The molecule has 148 valence electrons. The molecule has 2 amide bonds. The number of hydrogen-bond acceptors (Lipinski definition) is 4. The fourth-order valence-electron chi connectivity index (χ4n) is 2.79. The zero-order valence-electron chi connectivity index (χ0n) is 16.1. The van der Waals surface area contributed by atoms with Gasteiger partial charge in [0.05, 0.1) is 24.1 Å². The van der Waals surface area contributed by atoms with Crippen molar-refractivity contribution in [3.8, 4) is 0 Å². The van der Waals surface area contributed by atoms with Crippen LogP contribution in [0.1, 0.15) is 44.9 Å². The Morgan fingerprint density at radius 1 is 0.897 bits per heavy atom. The second kappa shape index (κ2) is 9.50. The topological polar surface area (TPSA) is 88.4 Å². The summed E-state index contributed by atoms with van der Waals surface area (Å²) in [5.74, 6) is -0.108. The molecule has 1 heterocycles. The van der Waals surface area contributed by atoms with Gasteiger partial charge in [0.1, 0.15) is 5.76 Å². The van der Waals surface area contributed by atoms with E-state index in [9.17, 15) is 14.4 Å². The Hall–Kier alpha value is -3.67. The molecule has 3 rings (SSSR count). The van der Waals surface area contributed by atoms with Crippen LogP contribution in [0, 0.1) is 6.92 Å². The van der Waals surface area contributed by atoms with Crippen LogP contribution >= 0.6 is 0 Å². The summed E-state index contributed by atoms with van der Waals surface area (Å²) in [7, 11) is 0. The van der Waals surface area contributed by atoms with Crippen molar-refractivity contribution < 1.29 is 18.8 Å². The summed E-state index contributed by atoms with van der Waals surface area (Å²) in [5.41, 5.74) is 2.40. The lowest BCUT2D eigenvalue weighted by Gasteiger charge is -2.11. The van der Waals surface area contributed by atoms with Gasteiger partial charge >= 0.3 is 0 Å². The number of Topliss-reactive ketones (excluding diaryl/α,β-unsaturated/α-hetero) is 1. The number of ketones is 1. The lowest BCUT2D eigenvalue weighted by Crippen LogP contribution is -2.24. The van der Waals surface area contributed by atoms with Gasteiger partial charge in [0.15, 0.2) is 5.78 Å². The summed E-state index contributed by atoms with van der Waals surface area (Å²) < 4.78 is 5.20. The minimum absolute atomic E-state index is 0.0368. The van der Waals surface area contributed by atoms with Crippen molar-refractivity contribution in [2.75, 3.05) is 5.32 Å². The van der Waals surface area contributed by atoms with Gasteiger partial charge in [-0.25, -0.2) is 0 Å². The molecular formula is C23H22N2O4. The summed E-state index contributed by atoms with van der Waals surface area (Å²) in [5, 5.41) is 5.48. The van der Waals surface area contributed by atoms with E-state index in [1.165, 1.54) is 6.26 Å². The van der Waals surface area contributed by atoms with Gasteiger partial charge in [0, 0.05) is 18.4 Å². The number of amides is 2. The number of carbonyl (C=O) groups excluding carboxylic acids is 3. The third-order valence-electron chi connectivity index (χ3n) is 4.40. The maximum absolute atomic E-state index is 12.5. The van der Waals surface area contributed by atoms with Crippen molar-refractivity contribution in [3.05, 3.63) is 89.4 Å². The first-order valence-electron chi connectivity index (χ1n) is 9.32. The molecule has 0 radical (unpaired) electrons. The molecule has 0 aliphatic carbocycles. The van der Waals surface area contributed by atoms with Gasteiger partial charge in [-0.15, -0.1) is 0 Å². The normalized spacial score (nSPS) is 10.4. The summed E-state index contributed by atoms with van der Waals surface area (Å²) in [4.78, 5) is 37.0. The van der Waals surface area contributed by atoms with Gasteiger partial charge in [-0.05, 0) is 31.2 Å². The number of para-hydroxylation sites is 1. The predicted molar refractivity (Wildman–Crippen MR) is 110 cm³/mol. The number of anilines is 1. The molecule has 6 heteroatoms. The Bertz CT molecular complexity index is 992. The minimum atomic E-state index is -0.326. The van der Waals surface area contributed by atoms with Gasteiger partial charge in [-0.3, -0.25) is 14.4 Å². The smallest absolute Gasteiger partial charge is 0.253 e. The second-order valence-corrected chi connectivity index (χ2v) is 6.65. The molecule has 0 aliphatic rings. The van der Waals surface area contributed by atoms with E-state index in [2.05, 4.69) is 10.6 Å². The summed E-state index contributed by atoms with van der Waals surface area (Å²) in [6.07, 6.45) is 1.67. The molecule has 0 atom stereocenters. The van der Waals surface area contributed by atoms with E-state index in [-0.39, 0.29) is 37.0 Å². The van der Waals surface area contributed by atoms with E-state index in [4.69, 9.17) is 4.42 Å². The maximum atomic E-state index is 12.5. The van der Waals surface area contributed by atoms with Crippen molar-refractivity contribution in [2.45, 2.75) is 26.3 Å². The Labute approximate surface area is 168 Å². The van der Waals surface area contributed by atoms with Crippen molar-refractivity contribution in [1.82, 2.24) is 5.32 Å². The molecule has 0 saturated carbocycles. The lowest BCUT2D eigenvalue weighted by atomic mass is 10.0. The highest BCUT2D eigenvalue weighted by Crippen LogP contribution is 2.16. The number of benzene rings is 2. The van der Waals surface area contributed by atoms with Crippen molar-refractivity contribution in [1.29, 1.82) is 0 Å². The average molecular weight is 390 g/mol. The molecular weight excluding hydrogens is 368 g/mol. The quantitative estimate of drug-likeness (QED) is 0.566. The van der Waals surface area contributed by atoms with Gasteiger partial charge in [-0.1, -0.05) is 42.0 Å². The van der Waals surface area contributed by atoms with Gasteiger partial charge in [0.25, 0.3) is 5.91 Å². The van der Waals surface area contributed by atoms with E-state index in [1.54, 1.807) is 48.5 Å². The first kappa shape index (κ1) is 20.1. The monoisotopic (exact) mass is 390 g/mol. The lowest BCUT2D eigenvalue weighted by molar-refractivity contribution is -0.116. The van der Waals surface area contributed by atoms with Crippen LogP contribution in [0.5, 0.6) is 0 Å². The van der Waals surface area contributed by atoms with Crippen LogP contribution in [-0.2, 0) is 11.3 Å². The van der Waals surface area contributed by atoms with E-state index in [0.29, 0.717) is 22.6 Å². The summed E-state index contributed by atoms with van der Waals surface area (Å²) in [6.45, 7) is 2.20. The highest BCUT2D eigenvalue weighted by molar-refractivity contribution is 6.05. The average Bonchev–Trinajstić information content (AvgIpc) is 3.25. The SMILES string of the molecule is Cc1ccc(C(=O)CCC(=O)Nc2ccccc2C(=O)NCc2ccco2)cc1. The number of hydrogen-bond donors (Lipinski definition) is 2. The zero-order valence-corrected chi connectivity index (χ0v) is 16.1. The van der Waals surface area contributed by atoms with Crippen molar-refractivity contribution >= 4 is 23.3 Å². The van der Waals surface area contributed by atoms with Crippen LogP contribution in [0.4, 0.5) is 5.69 Å². The molecule has 0 bridgehead atoms. The fourth-order valence-corrected chi connectivity index (χ4v) is 2.79. The Morgan fingerprint density at radius 3 is 2.38 bits per heavy atom. The molecule has 0 fully saturated rings. The molecule has 6 nitrogen and oxygen atoms in total. The third-order valence-corrected chi connectivity index (χ3v) is 4.40. The highest BCUT2D eigenvalue weighted by atomic mass is 16.3. The van der Waals surface area contributed by atoms with Crippen LogP contribution < -0.4 is 10.6 Å². The number of carbonyl (C=O) groups is 3. The van der Waals surface area contributed by atoms with Gasteiger partial charge in [0.2, 0.25) is 5.91 Å². The highest BCUT2D eigenvalue weighted by Gasteiger charge is 2.14. The van der Waals surface area contributed by atoms with E-state index < -0.39 is 0 Å². The Balaban J connectivity index is 1.56. The van der Waals surface area contributed by atoms with Crippen molar-refractivity contribution in [2.24, 2.45) is 0 Å². The van der Waals surface area contributed by atoms with Gasteiger partial charge < -0.3 is 15.1 Å². The third kappa shape index (κ3) is 5.65. The zero-order chi connectivity index (χ0) is 20.6. The summed E-state index contributed by atoms with van der Waals surface area (Å²) >= 11 is 0. The number of nitrogens with one attached hydrogen (secondary N) is 2. The van der Waals surface area contributed by atoms with E-state index in [0.717, 1.165) is 5.56 Å². The first-order chi connectivity index (χ1) is 14.0. The first-order valence-corrected chi connectivity index (χ1v) is 9.32. The molecule has 0 saturated heterocycles. The number of furan rings is 1. The van der Waals surface area contributed by atoms with Crippen molar-refractivity contribution in [3.63, 3.8) is 0 Å². The van der Waals surface area contributed by atoms with Crippen LogP contribution in [0.2, 0.25) is 0 Å². The van der Waals surface area contributed by atoms with E-state index >= 15 is 0 Å². The van der Waals surface area contributed by atoms with Gasteiger partial charge in [-0.2, -0.15) is 0 Å². The molecule has 2 N–H and O–H groups in total. The molecule has 0 unspecified atom stereocenters. The molecule has 2 aromatic carbocycles. The van der Waals surface area contributed by atoms with Crippen LogP contribution in [0.15, 0.2) is 71.3 Å². The summed E-state index contributed by atoms with van der Waals surface area (Å²) in [6, 6.07) is 17.5. The molecule has 0 spiro atoms. The van der Waals surface area contributed by atoms with Crippen LogP contribution in [0.3, 0.4) is 0 Å². The Kier molecular flexibility index (Phi) is 6.58.